The third-order valence-electron chi connectivity index (χ3n) is 1.34. The molecule has 1 aromatic rings. The Morgan fingerprint density at radius 3 is 2.85 bits per heavy atom. The summed E-state index contributed by atoms with van der Waals surface area (Å²) in [6.45, 7) is 3.67. The van der Waals surface area contributed by atoms with Gasteiger partial charge in [0.05, 0.1) is 17.9 Å². The zero-order valence-electron chi connectivity index (χ0n) is 7.45. The van der Waals surface area contributed by atoms with Crippen LogP contribution in [0.25, 0.3) is 0 Å². The van der Waals surface area contributed by atoms with Crippen molar-refractivity contribution in [3.05, 3.63) is 23.8 Å². The molecule has 0 amide bonds. The first kappa shape index (κ1) is 9.64. The van der Waals surface area contributed by atoms with Crippen LogP contribution in [0.4, 0.5) is 4.39 Å². The van der Waals surface area contributed by atoms with Crippen molar-refractivity contribution < 1.29 is 13.9 Å². The number of nitrogens with zero attached hydrogens (tertiary/aromatic N) is 1. The Morgan fingerprint density at radius 2 is 2.31 bits per heavy atom. The lowest BCUT2D eigenvalue weighted by Gasteiger charge is -2.08. The molecule has 0 aliphatic heterocycles. The molecule has 1 heterocycles. The lowest BCUT2D eigenvalue weighted by Crippen LogP contribution is -2.06. The third-order valence-corrected chi connectivity index (χ3v) is 1.34. The van der Waals surface area contributed by atoms with Gasteiger partial charge in [0.2, 0.25) is 5.95 Å². The highest BCUT2D eigenvalue weighted by atomic mass is 19.1. The largest absolute Gasteiger partial charge is 0.489 e. The standard InChI is InChI=1S/C9H10FNO2/c1-6(2)13-8-3-7(5-12)9(10)11-4-8/h3-6H,1-2H3. The van der Waals surface area contributed by atoms with Crippen LogP contribution in [0.1, 0.15) is 24.2 Å². The number of carbonyl (C=O) groups is 1. The van der Waals surface area contributed by atoms with Gasteiger partial charge in [-0.1, -0.05) is 0 Å². The molecule has 0 aliphatic rings. The average molecular weight is 183 g/mol. The van der Waals surface area contributed by atoms with Crippen molar-refractivity contribution in [3.8, 4) is 5.75 Å². The highest BCUT2D eigenvalue weighted by Gasteiger charge is 2.05. The van der Waals surface area contributed by atoms with Crippen molar-refractivity contribution in [2.45, 2.75) is 20.0 Å². The number of aldehydes is 1. The average Bonchev–Trinajstić information content (AvgIpc) is 2.07. The number of aromatic nitrogens is 1. The van der Waals surface area contributed by atoms with Crippen molar-refractivity contribution in [2.75, 3.05) is 0 Å². The Morgan fingerprint density at radius 1 is 1.62 bits per heavy atom. The minimum Gasteiger partial charge on any atom is -0.489 e. The second-order valence-electron chi connectivity index (χ2n) is 2.84. The third kappa shape index (κ3) is 2.50. The van der Waals surface area contributed by atoms with Gasteiger partial charge in [-0.3, -0.25) is 4.79 Å². The van der Waals surface area contributed by atoms with Gasteiger partial charge < -0.3 is 4.74 Å². The Kier molecular flexibility index (Phi) is 2.95. The van der Waals surface area contributed by atoms with E-state index in [1.807, 2.05) is 13.8 Å². The van der Waals surface area contributed by atoms with Gasteiger partial charge in [-0.25, -0.2) is 4.98 Å². The molecule has 0 atom stereocenters. The Balaban J connectivity index is 2.92. The second-order valence-corrected chi connectivity index (χ2v) is 2.84. The maximum absolute atomic E-state index is 12.7. The zero-order valence-corrected chi connectivity index (χ0v) is 7.45. The van der Waals surface area contributed by atoms with Crippen molar-refractivity contribution in [2.24, 2.45) is 0 Å². The molecule has 1 aromatic heterocycles. The first-order valence-electron chi connectivity index (χ1n) is 3.91. The highest BCUT2D eigenvalue weighted by Crippen LogP contribution is 2.13. The fraction of sp³-hybridized carbons (Fsp3) is 0.333. The Labute approximate surface area is 75.6 Å². The Hall–Kier alpha value is -1.45. The second kappa shape index (κ2) is 3.98. The first-order chi connectivity index (χ1) is 6.13. The van der Waals surface area contributed by atoms with E-state index in [1.165, 1.54) is 12.3 Å². The number of pyridine rings is 1. The van der Waals surface area contributed by atoms with Crippen LogP contribution in [0.2, 0.25) is 0 Å². The summed E-state index contributed by atoms with van der Waals surface area (Å²) in [5, 5.41) is 0. The van der Waals surface area contributed by atoms with Crippen LogP contribution in [-0.4, -0.2) is 17.4 Å². The quantitative estimate of drug-likeness (QED) is 0.530. The summed E-state index contributed by atoms with van der Waals surface area (Å²) in [5.74, 6) is -0.371. The van der Waals surface area contributed by atoms with Gasteiger partial charge >= 0.3 is 0 Å². The van der Waals surface area contributed by atoms with E-state index in [0.29, 0.717) is 12.0 Å². The fourth-order valence-electron chi connectivity index (χ4n) is 0.864. The van der Waals surface area contributed by atoms with Gasteiger partial charge in [0.25, 0.3) is 0 Å². The molecule has 1 rings (SSSR count). The predicted octanol–water partition coefficient (Wildman–Crippen LogP) is 1.82. The summed E-state index contributed by atoms with van der Waals surface area (Å²) in [7, 11) is 0. The van der Waals surface area contributed by atoms with E-state index in [9.17, 15) is 9.18 Å². The van der Waals surface area contributed by atoms with Crippen LogP contribution in [0, 0.1) is 5.95 Å². The van der Waals surface area contributed by atoms with E-state index >= 15 is 0 Å². The van der Waals surface area contributed by atoms with Crippen LogP contribution in [0.15, 0.2) is 12.3 Å². The predicted molar refractivity (Wildman–Crippen MR) is 45.3 cm³/mol. The number of hydrogen-bond acceptors (Lipinski definition) is 3. The summed E-state index contributed by atoms with van der Waals surface area (Å²) < 4.78 is 17.9. The monoisotopic (exact) mass is 183 g/mol. The summed E-state index contributed by atoms with van der Waals surface area (Å²) in [5.41, 5.74) is -0.0850. The summed E-state index contributed by atoms with van der Waals surface area (Å²) >= 11 is 0. The van der Waals surface area contributed by atoms with Crippen molar-refractivity contribution in [3.63, 3.8) is 0 Å². The first-order valence-corrected chi connectivity index (χ1v) is 3.91. The molecule has 0 aromatic carbocycles. The molecule has 70 valence electrons. The molecule has 13 heavy (non-hydrogen) atoms. The van der Waals surface area contributed by atoms with E-state index in [2.05, 4.69) is 4.98 Å². The minimum atomic E-state index is -0.772. The van der Waals surface area contributed by atoms with Gasteiger partial charge in [-0.2, -0.15) is 4.39 Å². The van der Waals surface area contributed by atoms with Gasteiger partial charge in [0.15, 0.2) is 6.29 Å². The van der Waals surface area contributed by atoms with E-state index < -0.39 is 5.95 Å². The van der Waals surface area contributed by atoms with Crippen LogP contribution >= 0.6 is 0 Å². The molecule has 0 N–H and O–H groups in total. The van der Waals surface area contributed by atoms with Gasteiger partial charge in [0.1, 0.15) is 5.75 Å². The van der Waals surface area contributed by atoms with E-state index in [4.69, 9.17) is 4.74 Å². The highest BCUT2D eigenvalue weighted by molar-refractivity contribution is 5.75. The maximum Gasteiger partial charge on any atom is 0.223 e. The molecular weight excluding hydrogens is 173 g/mol. The van der Waals surface area contributed by atoms with Gasteiger partial charge in [0, 0.05) is 0 Å². The smallest absolute Gasteiger partial charge is 0.223 e. The van der Waals surface area contributed by atoms with Crippen LogP contribution in [0.5, 0.6) is 5.75 Å². The van der Waals surface area contributed by atoms with Crippen LogP contribution < -0.4 is 4.74 Å². The lowest BCUT2D eigenvalue weighted by molar-refractivity contribution is 0.111. The van der Waals surface area contributed by atoms with E-state index in [0.717, 1.165) is 0 Å². The van der Waals surface area contributed by atoms with Gasteiger partial charge in [-0.15, -0.1) is 0 Å². The number of hydrogen-bond donors (Lipinski definition) is 0. The molecule has 0 radical (unpaired) electrons. The topological polar surface area (TPSA) is 39.2 Å². The summed E-state index contributed by atoms with van der Waals surface area (Å²) in [6, 6.07) is 1.33. The lowest BCUT2D eigenvalue weighted by atomic mass is 10.3. The zero-order chi connectivity index (χ0) is 9.84. The maximum atomic E-state index is 12.7. The molecule has 0 saturated heterocycles. The normalized spacial score (nSPS) is 10.2. The van der Waals surface area contributed by atoms with Crippen LogP contribution in [-0.2, 0) is 0 Å². The molecule has 4 heteroatoms. The SMILES string of the molecule is CC(C)Oc1cnc(F)c(C=O)c1. The Bertz CT molecular complexity index is 312. The van der Waals surface area contributed by atoms with Crippen LogP contribution in [0.3, 0.4) is 0 Å². The molecule has 0 fully saturated rings. The van der Waals surface area contributed by atoms with E-state index in [-0.39, 0.29) is 11.7 Å². The summed E-state index contributed by atoms with van der Waals surface area (Å²) in [6.07, 6.45) is 1.64. The molecule has 0 aliphatic carbocycles. The fourth-order valence-corrected chi connectivity index (χ4v) is 0.864. The molecular formula is C9H10FNO2. The molecule has 0 bridgehead atoms. The van der Waals surface area contributed by atoms with Crippen molar-refractivity contribution in [1.82, 2.24) is 4.98 Å². The summed E-state index contributed by atoms with van der Waals surface area (Å²) in [4.78, 5) is 13.7. The molecule has 0 saturated carbocycles. The van der Waals surface area contributed by atoms with Gasteiger partial charge in [-0.05, 0) is 19.9 Å². The number of ether oxygens (including phenoxy) is 1. The number of carbonyl (C=O) groups excluding carboxylic acids is 1. The number of halogens is 1. The molecule has 0 spiro atoms. The molecule has 0 unspecified atom stereocenters. The van der Waals surface area contributed by atoms with Crippen molar-refractivity contribution >= 4 is 6.29 Å². The number of rotatable bonds is 3. The van der Waals surface area contributed by atoms with E-state index in [1.54, 1.807) is 0 Å². The molecule has 3 nitrogen and oxygen atoms in total. The van der Waals surface area contributed by atoms with Crippen molar-refractivity contribution in [1.29, 1.82) is 0 Å². The minimum absolute atomic E-state index is 0.0215.